The van der Waals surface area contributed by atoms with Crippen LogP contribution in [0.5, 0.6) is 0 Å². The summed E-state index contributed by atoms with van der Waals surface area (Å²) in [6, 6.07) is 8.46. The number of benzene rings is 1. The quantitative estimate of drug-likeness (QED) is 0.412. The minimum Gasteiger partial charge on any atom is -0.457 e. The third kappa shape index (κ3) is 4.65. The minimum absolute atomic E-state index is 0.188. The first-order valence-electron chi connectivity index (χ1n) is 13.8. The molecule has 1 aliphatic heterocycles. The summed E-state index contributed by atoms with van der Waals surface area (Å²) >= 11 is 0. The highest BCUT2D eigenvalue weighted by atomic mass is 32.2. The number of esters is 1. The molecule has 4 bridgehead atoms. The van der Waals surface area contributed by atoms with Gasteiger partial charge in [-0.05, 0) is 88.5 Å². The molecular weight excluding hydrogens is 520 g/mol. The summed E-state index contributed by atoms with van der Waals surface area (Å²) in [5.41, 5.74) is 1.04. The van der Waals surface area contributed by atoms with Crippen LogP contribution in [0, 0.1) is 31.1 Å². The SMILES string of the molecule is Cc1cc(C(=O)COC(=O)C23C[C@@H]4C[C@H](CC(O)(C4)C2)C3)c(C)n1-c1cccc(S(=O)(=O)N2CCOCC2)c1. The zero-order valence-corrected chi connectivity index (χ0v) is 23.3. The number of hydrogen-bond acceptors (Lipinski definition) is 7. The van der Waals surface area contributed by atoms with Crippen LogP contribution in [0.4, 0.5) is 0 Å². The first-order chi connectivity index (χ1) is 18.5. The van der Waals surface area contributed by atoms with Crippen molar-refractivity contribution in [2.45, 2.75) is 62.9 Å². The van der Waals surface area contributed by atoms with E-state index >= 15 is 0 Å². The highest BCUT2D eigenvalue weighted by molar-refractivity contribution is 7.89. The lowest BCUT2D eigenvalue weighted by atomic mass is 9.48. The highest BCUT2D eigenvalue weighted by Crippen LogP contribution is 2.62. The number of aromatic nitrogens is 1. The zero-order chi connectivity index (χ0) is 27.6. The third-order valence-electron chi connectivity index (χ3n) is 9.21. The lowest BCUT2D eigenvalue weighted by Gasteiger charge is -2.58. The summed E-state index contributed by atoms with van der Waals surface area (Å²) in [5, 5.41) is 11.0. The van der Waals surface area contributed by atoms with Crippen molar-refractivity contribution in [3.05, 3.63) is 47.3 Å². The molecule has 0 amide bonds. The topological polar surface area (TPSA) is 115 Å². The number of aliphatic hydroxyl groups is 1. The van der Waals surface area contributed by atoms with Gasteiger partial charge in [-0.25, -0.2) is 8.42 Å². The van der Waals surface area contributed by atoms with Gasteiger partial charge in [0.15, 0.2) is 6.61 Å². The molecule has 1 aromatic carbocycles. The number of ketones is 1. The Hall–Kier alpha value is -2.53. The Morgan fingerprint density at radius 2 is 1.77 bits per heavy atom. The molecule has 2 heterocycles. The number of ether oxygens (including phenoxy) is 2. The Kier molecular flexibility index (Phi) is 6.53. The Bertz CT molecular complexity index is 1410. The lowest BCUT2D eigenvalue weighted by molar-refractivity contribution is -0.195. The Morgan fingerprint density at radius 1 is 1.08 bits per heavy atom. The molecule has 1 saturated heterocycles. The van der Waals surface area contributed by atoms with E-state index in [1.54, 1.807) is 31.2 Å². The first kappa shape index (κ1) is 26.7. The molecule has 4 aliphatic carbocycles. The average Bonchev–Trinajstić information content (AvgIpc) is 3.19. The maximum Gasteiger partial charge on any atom is 0.312 e. The molecule has 5 aliphatic rings. The Balaban J connectivity index is 1.19. The highest BCUT2D eigenvalue weighted by Gasteiger charge is 2.61. The number of carbonyl (C=O) groups is 2. The summed E-state index contributed by atoms with van der Waals surface area (Å²) in [5.74, 6) is 0.0314. The maximum absolute atomic E-state index is 13.3. The van der Waals surface area contributed by atoms with Crippen LogP contribution in [-0.2, 0) is 24.3 Å². The number of carbonyl (C=O) groups excluding carboxylic acids is 2. The number of aryl methyl sites for hydroxylation is 1. The van der Waals surface area contributed by atoms with E-state index in [9.17, 15) is 23.1 Å². The Labute approximate surface area is 229 Å². The van der Waals surface area contributed by atoms with Crippen LogP contribution in [0.25, 0.3) is 5.69 Å². The van der Waals surface area contributed by atoms with Crippen LogP contribution >= 0.6 is 0 Å². The van der Waals surface area contributed by atoms with Gasteiger partial charge in [-0.1, -0.05) is 6.07 Å². The molecule has 210 valence electrons. The molecular formula is C29H36N2O7S. The van der Waals surface area contributed by atoms with Crippen LogP contribution < -0.4 is 0 Å². The van der Waals surface area contributed by atoms with Gasteiger partial charge in [0.2, 0.25) is 15.8 Å². The third-order valence-corrected chi connectivity index (χ3v) is 11.1. The molecule has 10 heteroatoms. The van der Waals surface area contributed by atoms with E-state index in [-0.39, 0.29) is 23.3 Å². The van der Waals surface area contributed by atoms with Crippen molar-refractivity contribution in [1.82, 2.24) is 8.87 Å². The molecule has 2 aromatic rings. The zero-order valence-electron chi connectivity index (χ0n) is 22.5. The van der Waals surface area contributed by atoms with Gasteiger partial charge in [0, 0.05) is 35.7 Å². The minimum atomic E-state index is -3.67. The fourth-order valence-corrected chi connectivity index (χ4v) is 9.42. The fraction of sp³-hybridized carbons (Fsp3) is 0.586. The van der Waals surface area contributed by atoms with Gasteiger partial charge in [-0.15, -0.1) is 0 Å². The second-order valence-corrected chi connectivity index (χ2v) is 14.0. The van der Waals surface area contributed by atoms with Crippen molar-refractivity contribution < 1.29 is 32.6 Å². The van der Waals surface area contributed by atoms with E-state index in [1.165, 1.54) is 4.31 Å². The van der Waals surface area contributed by atoms with Crippen molar-refractivity contribution in [2.75, 3.05) is 32.9 Å². The smallest absolute Gasteiger partial charge is 0.312 e. The number of rotatable bonds is 7. The summed E-state index contributed by atoms with van der Waals surface area (Å²) in [6.45, 7) is 4.67. The summed E-state index contributed by atoms with van der Waals surface area (Å²) in [6.07, 6.45) is 4.49. The van der Waals surface area contributed by atoms with Gasteiger partial charge in [0.1, 0.15) is 0 Å². The van der Waals surface area contributed by atoms with Gasteiger partial charge in [0.05, 0.1) is 29.1 Å². The lowest BCUT2D eigenvalue weighted by Crippen LogP contribution is -2.58. The second kappa shape index (κ2) is 9.54. The monoisotopic (exact) mass is 556 g/mol. The van der Waals surface area contributed by atoms with E-state index in [1.807, 2.05) is 17.6 Å². The molecule has 1 N–H and O–H groups in total. The number of nitrogens with zero attached hydrogens (tertiary/aromatic N) is 2. The van der Waals surface area contributed by atoms with Gasteiger partial charge < -0.3 is 19.1 Å². The van der Waals surface area contributed by atoms with Gasteiger partial charge in [-0.3, -0.25) is 9.59 Å². The number of hydrogen-bond donors (Lipinski definition) is 1. The first-order valence-corrected chi connectivity index (χ1v) is 15.2. The number of Topliss-reactive ketones (excluding diaryl/α,β-unsaturated/α-hetero) is 1. The van der Waals surface area contributed by atoms with Crippen molar-refractivity contribution >= 4 is 21.8 Å². The van der Waals surface area contributed by atoms with E-state index in [0.29, 0.717) is 61.5 Å². The van der Waals surface area contributed by atoms with E-state index < -0.39 is 21.0 Å². The summed E-state index contributed by atoms with van der Waals surface area (Å²) in [7, 11) is -3.67. The van der Waals surface area contributed by atoms with Gasteiger partial charge in [0.25, 0.3) is 0 Å². The Morgan fingerprint density at radius 3 is 2.44 bits per heavy atom. The van der Waals surface area contributed by atoms with Crippen LogP contribution in [0.3, 0.4) is 0 Å². The van der Waals surface area contributed by atoms with E-state index in [4.69, 9.17) is 9.47 Å². The van der Waals surface area contributed by atoms with Crippen molar-refractivity contribution in [3.8, 4) is 5.69 Å². The van der Waals surface area contributed by atoms with Crippen LogP contribution in [0.2, 0.25) is 0 Å². The normalized spacial score (nSPS) is 30.4. The van der Waals surface area contributed by atoms with Crippen molar-refractivity contribution in [1.29, 1.82) is 0 Å². The van der Waals surface area contributed by atoms with Gasteiger partial charge >= 0.3 is 5.97 Å². The van der Waals surface area contributed by atoms with Gasteiger partial charge in [-0.2, -0.15) is 4.31 Å². The van der Waals surface area contributed by atoms with Crippen LogP contribution in [0.15, 0.2) is 35.2 Å². The van der Waals surface area contributed by atoms with Crippen LogP contribution in [-0.4, -0.2) is 72.7 Å². The molecule has 0 unspecified atom stereocenters. The van der Waals surface area contributed by atoms with Crippen LogP contribution in [0.1, 0.15) is 60.3 Å². The van der Waals surface area contributed by atoms with Crippen molar-refractivity contribution in [2.24, 2.45) is 17.3 Å². The molecule has 0 spiro atoms. The molecule has 4 saturated carbocycles. The second-order valence-electron chi connectivity index (χ2n) is 12.1. The fourth-order valence-electron chi connectivity index (χ4n) is 7.98. The maximum atomic E-state index is 13.3. The predicted molar refractivity (Wildman–Crippen MR) is 142 cm³/mol. The molecule has 2 atom stereocenters. The molecule has 7 rings (SSSR count). The molecule has 0 radical (unpaired) electrons. The van der Waals surface area contributed by atoms with E-state index in [2.05, 4.69) is 0 Å². The average molecular weight is 557 g/mol. The number of sulfonamides is 1. The molecule has 5 fully saturated rings. The predicted octanol–water partition coefficient (Wildman–Crippen LogP) is 3.17. The van der Waals surface area contributed by atoms with Crippen molar-refractivity contribution in [3.63, 3.8) is 0 Å². The van der Waals surface area contributed by atoms with E-state index in [0.717, 1.165) is 37.8 Å². The standard InChI is InChI=1S/C29H36N2O7S/c1-19-10-25(26(32)17-38-27(33)28-13-21-11-22(14-28)16-29(34,15-21)18-28)20(2)31(19)23-4-3-5-24(12-23)39(35,36)30-6-8-37-9-7-30/h3-5,10,12,21-22,34H,6-9,11,13-18H2,1-2H3/t21-,22-,28?,29?/m0/s1. The summed E-state index contributed by atoms with van der Waals surface area (Å²) in [4.78, 5) is 26.7. The largest absolute Gasteiger partial charge is 0.457 e. The number of morpholine rings is 1. The molecule has 9 nitrogen and oxygen atoms in total. The molecule has 1 aromatic heterocycles. The summed E-state index contributed by atoms with van der Waals surface area (Å²) < 4.78 is 40.6. The molecule has 39 heavy (non-hydrogen) atoms.